The van der Waals surface area contributed by atoms with Gasteiger partial charge in [-0.15, -0.1) is 0 Å². The largest absolute Gasteiger partial charge is 0.484 e. The summed E-state index contributed by atoms with van der Waals surface area (Å²) in [7, 11) is 0. The first kappa shape index (κ1) is 26.3. The Morgan fingerprint density at radius 1 is 0.447 bits per heavy atom. The second-order valence-corrected chi connectivity index (χ2v) is 12.7. The molecule has 0 N–H and O–H groups in total. The Morgan fingerprint density at radius 3 is 1.70 bits per heavy atom. The average molecular weight is 599 g/mol. The van der Waals surface area contributed by atoms with Crippen molar-refractivity contribution >= 4 is 48.7 Å². The van der Waals surface area contributed by atoms with Gasteiger partial charge in [0.1, 0.15) is 11.9 Å². The maximum Gasteiger partial charge on any atom is 0.135 e. The maximum absolute atomic E-state index is 6.65. The molecule has 1 heterocycles. The maximum atomic E-state index is 6.65. The monoisotopic (exact) mass is 598 g/mol. The van der Waals surface area contributed by atoms with Crippen LogP contribution in [0.1, 0.15) is 17.0 Å². The SMILES string of the molecule is C1=CC2c3ccccc3OC2C(c2ccc3c(-c4cccc5ccccc45)c4ccccc4c(-c4cccc5ccccc45)c3c2)=C1. The molecule has 0 bridgehead atoms. The van der Waals surface area contributed by atoms with Crippen LogP contribution in [0.3, 0.4) is 0 Å². The highest BCUT2D eigenvalue weighted by atomic mass is 16.5. The van der Waals surface area contributed by atoms with E-state index in [1.807, 2.05) is 0 Å². The summed E-state index contributed by atoms with van der Waals surface area (Å²) >= 11 is 0. The second-order valence-electron chi connectivity index (χ2n) is 12.7. The van der Waals surface area contributed by atoms with Crippen molar-refractivity contribution in [2.45, 2.75) is 12.0 Å². The van der Waals surface area contributed by atoms with E-state index in [0.29, 0.717) is 0 Å². The van der Waals surface area contributed by atoms with Crippen LogP contribution in [0, 0.1) is 0 Å². The first-order chi connectivity index (χ1) is 23.3. The third-order valence-electron chi connectivity index (χ3n) is 10.2. The summed E-state index contributed by atoms with van der Waals surface area (Å²) in [5.74, 6) is 1.20. The number of para-hydroxylation sites is 1. The molecule has 1 aliphatic heterocycles. The van der Waals surface area contributed by atoms with Crippen LogP contribution >= 0.6 is 0 Å². The van der Waals surface area contributed by atoms with Gasteiger partial charge in [-0.1, -0.05) is 158 Å². The highest BCUT2D eigenvalue weighted by molar-refractivity contribution is 6.25. The van der Waals surface area contributed by atoms with Gasteiger partial charge in [0.25, 0.3) is 0 Å². The molecule has 10 rings (SSSR count). The van der Waals surface area contributed by atoms with Crippen molar-refractivity contribution in [3.63, 3.8) is 0 Å². The molecule has 220 valence electrons. The lowest BCUT2D eigenvalue weighted by molar-refractivity contribution is 0.278. The molecule has 1 aliphatic carbocycles. The van der Waals surface area contributed by atoms with E-state index < -0.39 is 0 Å². The normalized spacial score (nSPS) is 16.7. The smallest absolute Gasteiger partial charge is 0.135 e. The Balaban J connectivity index is 1.31. The molecular formula is C46H30O. The molecule has 0 saturated carbocycles. The zero-order chi connectivity index (χ0) is 30.9. The Bertz CT molecular complexity index is 2610. The predicted molar refractivity (Wildman–Crippen MR) is 198 cm³/mol. The molecule has 8 aromatic carbocycles. The molecular weight excluding hydrogens is 569 g/mol. The van der Waals surface area contributed by atoms with Crippen LogP contribution in [0.2, 0.25) is 0 Å². The van der Waals surface area contributed by atoms with E-state index in [2.05, 4.69) is 170 Å². The fourth-order valence-corrected chi connectivity index (χ4v) is 8.16. The fraction of sp³-hybridized carbons (Fsp3) is 0.0435. The van der Waals surface area contributed by atoms with Gasteiger partial charge in [-0.05, 0) is 83.0 Å². The lowest BCUT2D eigenvalue weighted by Gasteiger charge is -2.24. The van der Waals surface area contributed by atoms with Crippen molar-refractivity contribution in [3.8, 4) is 28.0 Å². The molecule has 0 saturated heterocycles. The lowest BCUT2D eigenvalue weighted by Crippen LogP contribution is -2.21. The number of allylic oxidation sites excluding steroid dienone is 2. The predicted octanol–water partition coefficient (Wildman–Crippen LogP) is 12.1. The van der Waals surface area contributed by atoms with Crippen LogP contribution in [-0.4, -0.2) is 6.10 Å². The van der Waals surface area contributed by atoms with Gasteiger partial charge in [-0.25, -0.2) is 0 Å². The molecule has 1 heteroatoms. The van der Waals surface area contributed by atoms with Crippen molar-refractivity contribution in [2.24, 2.45) is 0 Å². The van der Waals surface area contributed by atoms with Gasteiger partial charge < -0.3 is 4.74 Å². The van der Waals surface area contributed by atoms with E-state index in [1.54, 1.807) is 0 Å². The fourth-order valence-electron chi connectivity index (χ4n) is 8.16. The molecule has 47 heavy (non-hydrogen) atoms. The number of fused-ring (bicyclic) bond motifs is 7. The van der Waals surface area contributed by atoms with Gasteiger partial charge in [-0.2, -0.15) is 0 Å². The summed E-state index contributed by atoms with van der Waals surface area (Å²) < 4.78 is 6.65. The summed E-state index contributed by atoms with van der Waals surface area (Å²) in [6.45, 7) is 0. The summed E-state index contributed by atoms with van der Waals surface area (Å²) in [6, 6.07) is 55.5. The quantitative estimate of drug-likeness (QED) is 0.184. The Kier molecular flexibility index (Phi) is 5.77. The second kappa shape index (κ2) is 10.3. The van der Waals surface area contributed by atoms with Crippen molar-refractivity contribution < 1.29 is 4.74 Å². The van der Waals surface area contributed by atoms with Crippen LogP contribution in [0.4, 0.5) is 0 Å². The standard InChI is InChI=1S/C46H30O/c1-3-16-32-29(12-1)14-9-22-36(32)44-38-19-5-6-20-39(38)45(37-23-10-15-30-13-2-4-17-33(30)37)42-28-31(26-27-40(42)44)34-21-11-24-41-35-18-7-8-25-43(35)47-46(34)41/h1-28,41,46H. The molecule has 0 spiro atoms. The molecule has 1 nitrogen and oxygen atoms in total. The van der Waals surface area contributed by atoms with Crippen LogP contribution in [-0.2, 0) is 0 Å². The lowest BCUT2D eigenvalue weighted by atomic mass is 9.81. The number of benzene rings is 8. The number of hydrogen-bond acceptors (Lipinski definition) is 1. The topological polar surface area (TPSA) is 9.23 Å². The van der Waals surface area contributed by atoms with Gasteiger partial charge in [0.2, 0.25) is 0 Å². The Morgan fingerprint density at radius 2 is 1.00 bits per heavy atom. The molecule has 0 aromatic heterocycles. The van der Waals surface area contributed by atoms with E-state index in [4.69, 9.17) is 4.74 Å². The zero-order valence-electron chi connectivity index (χ0n) is 25.7. The van der Waals surface area contributed by atoms with Crippen molar-refractivity contribution in [2.75, 3.05) is 0 Å². The molecule has 8 aromatic rings. The van der Waals surface area contributed by atoms with Gasteiger partial charge in [0.05, 0.1) is 0 Å². The van der Waals surface area contributed by atoms with E-state index in [1.165, 1.54) is 82.0 Å². The minimum absolute atomic E-state index is 0.0474. The van der Waals surface area contributed by atoms with Gasteiger partial charge in [0, 0.05) is 17.1 Å². The van der Waals surface area contributed by atoms with E-state index in [0.717, 1.165) is 5.75 Å². The van der Waals surface area contributed by atoms with Gasteiger partial charge >= 0.3 is 0 Å². The third kappa shape index (κ3) is 3.96. The molecule has 2 unspecified atom stereocenters. The minimum atomic E-state index is -0.0474. The summed E-state index contributed by atoms with van der Waals surface area (Å²) in [5, 5.41) is 10.1. The summed E-state index contributed by atoms with van der Waals surface area (Å²) in [5.41, 5.74) is 8.76. The number of rotatable bonds is 3. The van der Waals surface area contributed by atoms with Crippen LogP contribution in [0.15, 0.2) is 170 Å². The summed E-state index contributed by atoms with van der Waals surface area (Å²) in [6.07, 6.45) is 6.70. The van der Waals surface area contributed by atoms with Crippen LogP contribution < -0.4 is 4.74 Å². The molecule has 2 aliphatic rings. The van der Waals surface area contributed by atoms with E-state index in [9.17, 15) is 0 Å². The van der Waals surface area contributed by atoms with E-state index >= 15 is 0 Å². The van der Waals surface area contributed by atoms with Crippen molar-refractivity contribution in [3.05, 3.63) is 181 Å². The first-order valence-corrected chi connectivity index (χ1v) is 16.4. The summed E-state index contributed by atoms with van der Waals surface area (Å²) in [4.78, 5) is 0. The molecule has 0 radical (unpaired) electrons. The third-order valence-corrected chi connectivity index (χ3v) is 10.2. The molecule has 2 atom stereocenters. The minimum Gasteiger partial charge on any atom is -0.484 e. The van der Waals surface area contributed by atoms with Crippen molar-refractivity contribution in [1.29, 1.82) is 0 Å². The molecule has 0 amide bonds. The zero-order valence-corrected chi connectivity index (χ0v) is 25.7. The molecule has 0 fully saturated rings. The average Bonchev–Trinajstić information content (AvgIpc) is 3.52. The van der Waals surface area contributed by atoms with Gasteiger partial charge in [-0.3, -0.25) is 0 Å². The number of ether oxygens (including phenoxy) is 1. The van der Waals surface area contributed by atoms with Crippen LogP contribution in [0.25, 0.3) is 70.9 Å². The number of hydrogen-bond donors (Lipinski definition) is 0. The van der Waals surface area contributed by atoms with Crippen molar-refractivity contribution in [1.82, 2.24) is 0 Å². The Labute approximate surface area is 273 Å². The van der Waals surface area contributed by atoms with Crippen LogP contribution in [0.5, 0.6) is 5.75 Å². The van der Waals surface area contributed by atoms with E-state index in [-0.39, 0.29) is 12.0 Å². The first-order valence-electron chi connectivity index (χ1n) is 16.4. The Hall–Kier alpha value is -5.92. The highest BCUT2D eigenvalue weighted by Crippen LogP contribution is 2.49. The van der Waals surface area contributed by atoms with Gasteiger partial charge in [0.15, 0.2) is 0 Å². The highest BCUT2D eigenvalue weighted by Gasteiger charge is 2.37.